The Morgan fingerprint density at radius 1 is 1.40 bits per heavy atom. The monoisotopic (exact) mass is 208 g/mol. The molecular weight excluding hydrogens is 184 g/mol. The lowest BCUT2D eigenvalue weighted by atomic mass is 9.89. The molecule has 0 aromatic carbocycles. The molecule has 2 nitrogen and oxygen atoms in total. The van der Waals surface area contributed by atoms with Crippen LogP contribution < -0.4 is 5.32 Å². The molecule has 0 aromatic heterocycles. The van der Waals surface area contributed by atoms with Crippen LogP contribution in [0.2, 0.25) is 0 Å². The molecule has 0 aliphatic carbocycles. The van der Waals surface area contributed by atoms with Gasteiger partial charge in [0.1, 0.15) is 0 Å². The first-order valence-electron chi connectivity index (χ1n) is 6.41. The van der Waals surface area contributed by atoms with Gasteiger partial charge in [0.05, 0.1) is 0 Å². The molecule has 0 radical (unpaired) electrons. The fraction of sp³-hybridized carbons (Fsp3) is 0.846. The maximum Gasteiger partial charge on any atom is 0.0247 e. The lowest BCUT2D eigenvalue weighted by Crippen LogP contribution is -2.46. The Morgan fingerprint density at radius 2 is 2.27 bits per heavy atom. The highest BCUT2D eigenvalue weighted by molar-refractivity contribution is 4.91. The van der Waals surface area contributed by atoms with Gasteiger partial charge in [0.25, 0.3) is 0 Å². The molecule has 3 atom stereocenters. The molecule has 2 aliphatic rings. The van der Waals surface area contributed by atoms with Crippen molar-refractivity contribution in [1.29, 1.82) is 0 Å². The van der Waals surface area contributed by atoms with E-state index in [1.807, 2.05) is 0 Å². The Kier molecular flexibility index (Phi) is 3.81. The Labute approximate surface area is 93.7 Å². The molecule has 15 heavy (non-hydrogen) atoms. The number of nitrogens with zero attached hydrogens (tertiary/aromatic N) is 1. The van der Waals surface area contributed by atoms with Crippen molar-refractivity contribution in [2.75, 3.05) is 19.6 Å². The van der Waals surface area contributed by atoms with Crippen molar-refractivity contribution in [1.82, 2.24) is 10.2 Å². The van der Waals surface area contributed by atoms with Gasteiger partial charge in [-0.15, -0.1) is 6.58 Å². The minimum Gasteiger partial charge on any atom is -0.314 e. The zero-order valence-corrected chi connectivity index (χ0v) is 9.91. The second kappa shape index (κ2) is 5.13. The van der Waals surface area contributed by atoms with E-state index < -0.39 is 0 Å². The Balaban J connectivity index is 1.88. The topological polar surface area (TPSA) is 15.3 Å². The van der Waals surface area contributed by atoms with Crippen molar-refractivity contribution in [2.45, 2.75) is 44.7 Å². The second-order valence-electron chi connectivity index (χ2n) is 5.08. The maximum atomic E-state index is 3.90. The zero-order chi connectivity index (χ0) is 10.7. The first kappa shape index (κ1) is 11.2. The summed E-state index contributed by atoms with van der Waals surface area (Å²) >= 11 is 0. The van der Waals surface area contributed by atoms with Crippen molar-refractivity contribution >= 4 is 0 Å². The molecule has 1 N–H and O–H groups in total. The minimum atomic E-state index is 0.550. The summed E-state index contributed by atoms with van der Waals surface area (Å²) in [6, 6.07) is 1.35. The number of hydrogen-bond donors (Lipinski definition) is 1. The predicted octanol–water partition coefficient (Wildman–Crippen LogP) is 2.02. The highest BCUT2D eigenvalue weighted by Crippen LogP contribution is 2.25. The van der Waals surface area contributed by atoms with E-state index in [1.54, 1.807) is 0 Å². The lowest BCUT2D eigenvalue weighted by molar-refractivity contribution is 0.133. The number of rotatable bonds is 3. The number of hydrogen-bond acceptors (Lipinski definition) is 2. The summed E-state index contributed by atoms with van der Waals surface area (Å²) in [5.74, 6) is 0.878. The van der Waals surface area contributed by atoms with Crippen LogP contribution in [0.3, 0.4) is 0 Å². The summed E-state index contributed by atoms with van der Waals surface area (Å²) in [5.41, 5.74) is 0. The van der Waals surface area contributed by atoms with Gasteiger partial charge < -0.3 is 5.32 Å². The first-order chi connectivity index (χ1) is 7.31. The van der Waals surface area contributed by atoms with Crippen LogP contribution in [0.5, 0.6) is 0 Å². The van der Waals surface area contributed by atoms with Crippen LogP contribution in [0.25, 0.3) is 0 Å². The van der Waals surface area contributed by atoms with E-state index in [0.29, 0.717) is 6.04 Å². The van der Waals surface area contributed by atoms with E-state index in [9.17, 15) is 0 Å². The molecule has 2 rings (SSSR count). The van der Waals surface area contributed by atoms with Crippen molar-refractivity contribution in [3.63, 3.8) is 0 Å². The molecule has 3 unspecified atom stereocenters. The molecule has 2 saturated heterocycles. The summed E-state index contributed by atoms with van der Waals surface area (Å²) in [4.78, 5) is 2.58. The highest BCUT2D eigenvalue weighted by Gasteiger charge is 2.29. The first-order valence-corrected chi connectivity index (χ1v) is 6.41. The predicted molar refractivity (Wildman–Crippen MR) is 65.0 cm³/mol. The minimum absolute atomic E-state index is 0.550. The van der Waals surface area contributed by atoms with Gasteiger partial charge in [-0.2, -0.15) is 0 Å². The molecule has 2 fully saturated rings. The highest BCUT2D eigenvalue weighted by atomic mass is 15.2. The Bertz CT molecular complexity index is 209. The van der Waals surface area contributed by atoms with E-state index in [-0.39, 0.29) is 0 Å². The molecule has 0 aromatic rings. The molecule has 0 saturated carbocycles. The SMILES string of the molecule is C=CC(C)N1CCCC(C2CCCN2)C1. The second-order valence-corrected chi connectivity index (χ2v) is 5.08. The number of likely N-dealkylation sites (tertiary alicyclic amines) is 1. The molecular formula is C13H24N2. The van der Waals surface area contributed by atoms with E-state index in [4.69, 9.17) is 0 Å². The molecule has 2 aliphatic heterocycles. The summed E-state index contributed by atoms with van der Waals surface area (Å²) in [5, 5.41) is 3.65. The third kappa shape index (κ3) is 2.61. The van der Waals surface area contributed by atoms with E-state index in [2.05, 4.69) is 29.8 Å². The van der Waals surface area contributed by atoms with Crippen LogP contribution in [0.4, 0.5) is 0 Å². The van der Waals surface area contributed by atoms with E-state index >= 15 is 0 Å². The van der Waals surface area contributed by atoms with Gasteiger partial charge in [0, 0.05) is 18.6 Å². The van der Waals surface area contributed by atoms with Crippen LogP contribution >= 0.6 is 0 Å². The van der Waals surface area contributed by atoms with Crippen LogP contribution in [0.15, 0.2) is 12.7 Å². The van der Waals surface area contributed by atoms with Crippen molar-refractivity contribution in [2.24, 2.45) is 5.92 Å². The van der Waals surface area contributed by atoms with E-state index in [0.717, 1.165) is 12.0 Å². The molecule has 2 heterocycles. The maximum absolute atomic E-state index is 3.90. The van der Waals surface area contributed by atoms with Crippen molar-refractivity contribution in [3.8, 4) is 0 Å². The summed E-state index contributed by atoms with van der Waals surface area (Å²) < 4.78 is 0. The third-order valence-corrected chi connectivity index (χ3v) is 4.07. The quantitative estimate of drug-likeness (QED) is 0.714. The Hall–Kier alpha value is -0.340. The molecule has 2 heteroatoms. The normalized spacial score (nSPS) is 35.3. The van der Waals surface area contributed by atoms with Gasteiger partial charge in [-0.25, -0.2) is 0 Å². The molecule has 86 valence electrons. The van der Waals surface area contributed by atoms with Gasteiger partial charge in [-0.1, -0.05) is 6.08 Å². The average molecular weight is 208 g/mol. The van der Waals surface area contributed by atoms with E-state index in [1.165, 1.54) is 45.3 Å². The fourth-order valence-electron chi connectivity index (χ4n) is 3.00. The molecule has 0 bridgehead atoms. The smallest absolute Gasteiger partial charge is 0.0247 e. The van der Waals surface area contributed by atoms with Crippen LogP contribution in [0, 0.1) is 5.92 Å². The number of piperidine rings is 1. The zero-order valence-electron chi connectivity index (χ0n) is 9.91. The van der Waals surface area contributed by atoms with Gasteiger partial charge >= 0.3 is 0 Å². The number of nitrogens with one attached hydrogen (secondary N) is 1. The fourth-order valence-corrected chi connectivity index (χ4v) is 3.00. The molecule has 0 spiro atoms. The van der Waals surface area contributed by atoms with Crippen molar-refractivity contribution in [3.05, 3.63) is 12.7 Å². The largest absolute Gasteiger partial charge is 0.314 e. The third-order valence-electron chi connectivity index (χ3n) is 4.07. The van der Waals surface area contributed by atoms with Crippen molar-refractivity contribution < 1.29 is 0 Å². The molecule has 0 amide bonds. The van der Waals surface area contributed by atoms with Crippen LogP contribution in [-0.2, 0) is 0 Å². The van der Waals surface area contributed by atoms with Gasteiger partial charge in [0.2, 0.25) is 0 Å². The summed E-state index contributed by atoms with van der Waals surface area (Å²) in [6.45, 7) is 9.93. The lowest BCUT2D eigenvalue weighted by Gasteiger charge is -2.38. The van der Waals surface area contributed by atoms with Gasteiger partial charge in [-0.05, 0) is 51.6 Å². The van der Waals surface area contributed by atoms with Gasteiger partial charge in [0.15, 0.2) is 0 Å². The standard InChI is InChI=1S/C13H24N2/c1-3-11(2)15-9-5-6-12(10-15)13-7-4-8-14-13/h3,11-14H,1,4-10H2,2H3. The summed E-state index contributed by atoms with van der Waals surface area (Å²) in [7, 11) is 0. The van der Waals surface area contributed by atoms with Crippen LogP contribution in [-0.4, -0.2) is 36.6 Å². The summed E-state index contributed by atoms with van der Waals surface area (Å²) in [6.07, 6.45) is 7.61. The van der Waals surface area contributed by atoms with Gasteiger partial charge in [-0.3, -0.25) is 4.90 Å². The van der Waals surface area contributed by atoms with Crippen LogP contribution in [0.1, 0.15) is 32.6 Å². The average Bonchev–Trinajstić information content (AvgIpc) is 2.82. The Morgan fingerprint density at radius 3 is 2.93 bits per heavy atom.